The first kappa shape index (κ1) is 42.6. The minimum atomic E-state index is -0.191. The van der Waals surface area contributed by atoms with E-state index in [1.165, 1.54) is 77.5 Å². The van der Waals surface area contributed by atoms with Crippen LogP contribution in [-0.2, 0) is 10.8 Å². The van der Waals surface area contributed by atoms with Crippen LogP contribution in [0.3, 0.4) is 0 Å². The highest BCUT2D eigenvalue weighted by Crippen LogP contribution is 2.52. The van der Waals surface area contributed by atoms with E-state index in [2.05, 4.69) is 193 Å². The monoisotopic (exact) mass is 902 g/mol. The summed E-state index contributed by atoms with van der Waals surface area (Å²) in [5.74, 6) is 1.71. The number of hydrogen-bond acceptors (Lipinski definition) is 6. The molecule has 6 heteroatoms. The molecule has 10 aromatic rings. The van der Waals surface area contributed by atoms with Crippen molar-refractivity contribution in [3.63, 3.8) is 0 Å². The maximum atomic E-state index is 4.72. The average Bonchev–Trinajstić information content (AvgIpc) is 3.76. The van der Waals surface area contributed by atoms with Crippen molar-refractivity contribution in [1.82, 2.24) is 19.9 Å². The number of fused-ring (bicyclic) bond motifs is 7. The molecule has 0 N–H and O–H groups in total. The van der Waals surface area contributed by atoms with E-state index in [0.29, 0.717) is 0 Å². The van der Waals surface area contributed by atoms with Gasteiger partial charge in [0.05, 0.1) is 23.8 Å². The highest BCUT2D eigenvalue weighted by Gasteiger charge is 2.37. The maximum absolute atomic E-state index is 4.72. The summed E-state index contributed by atoms with van der Waals surface area (Å²) in [6.45, 7) is 9.34. The minimum absolute atomic E-state index is 0.191. The SMILES string of the molecule is CC1(C)c2cc(/C=C/c3ccc4cc(/C=C/c5ccc6c(c5)C(C)(C)c5cc(N(c7cccnc7)c7ccccn7)ccc5-6)ccc4c3)ccc2-c2ccc(N(c3cccnc3)c3ccccn3)cc21. The minimum Gasteiger partial charge on any atom is -0.293 e. The van der Waals surface area contributed by atoms with Gasteiger partial charge in [0.25, 0.3) is 0 Å². The molecule has 0 unspecified atom stereocenters. The lowest BCUT2D eigenvalue weighted by Crippen LogP contribution is -2.17. The fraction of sp³-hybridized carbons (Fsp3) is 0.0938. The molecule has 0 saturated heterocycles. The second-order valence-corrected chi connectivity index (χ2v) is 19.3. The third-order valence-electron chi connectivity index (χ3n) is 14.3. The second kappa shape index (κ2) is 17.1. The quantitative estimate of drug-likeness (QED) is 0.127. The van der Waals surface area contributed by atoms with Gasteiger partial charge in [0, 0.05) is 47.0 Å². The van der Waals surface area contributed by atoms with Crippen molar-refractivity contribution in [3.05, 3.63) is 252 Å². The van der Waals surface area contributed by atoms with Crippen LogP contribution in [0.5, 0.6) is 0 Å². The summed E-state index contributed by atoms with van der Waals surface area (Å²) in [5.41, 5.74) is 18.8. The van der Waals surface area contributed by atoms with Gasteiger partial charge in [-0.15, -0.1) is 0 Å². The molecular weight excluding hydrogens is 853 g/mol. The topological polar surface area (TPSA) is 58.0 Å². The first-order chi connectivity index (χ1) is 34.2. The number of hydrogen-bond donors (Lipinski definition) is 0. The van der Waals surface area contributed by atoms with Gasteiger partial charge in [-0.25, -0.2) is 9.97 Å². The third kappa shape index (κ3) is 7.55. The Bertz CT molecular complexity index is 3330. The molecule has 70 heavy (non-hydrogen) atoms. The van der Waals surface area contributed by atoms with E-state index in [9.17, 15) is 0 Å². The molecule has 0 saturated carbocycles. The smallest absolute Gasteiger partial charge is 0.137 e. The molecule has 0 atom stereocenters. The maximum Gasteiger partial charge on any atom is 0.137 e. The Hall–Kier alpha value is -8.74. The van der Waals surface area contributed by atoms with E-state index in [1.54, 1.807) is 12.4 Å². The normalized spacial score (nSPS) is 13.8. The van der Waals surface area contributed by atoms with Gasteiger partial charge in [0.15, 0.2) is 0 Å². The van der Waals surface area contributed by atoms with Gasteiger partial charge in [0.1, 0.15) is 11.6 Å². The van der Waals surface area contributed by atoms with E-state index in [0.717, 1.165) is 34.4 Å². The van der Waals surface area contributed by atoms with Gasteiger partial charge >= 0.3 is 0 Å². The molecule has 0 spiro atoms. The lowest BCUT2D eigenvalue weighted by Gasteiger charge is -2.27. The van der Waals surface area contributed by atoms with Crippen molar-refractivity contribution in [2.75, 3.05) is 9.80 Å². The first-order valence-corrected chi connectivity index (χ1v) is 23.9. The molecule has 0 fully saturated rings. The number of rotatable bonds is 10. The number of aromatic nitrogens is 4. The molecule has 4 aromatic heterocycles. The van der Waals surface area contributed by atoms with Crippen molar-refractivity contribution in [3.8, 4) is 22.3 Å². The van der Waals surface area contributed by atoms with Crippen molar-refractivity contribution in [2.24, 2.45) is 0 Å². The molecule has 6 aromatic carbocycles. The van der Waals surface area contributed by atoms with Gasteiger partial charge in [-0.2, -0.15) is 0 Å². The van der Waals surface area contributed by atoms with E-state index < -0.39 is 0 Å². The lowest BCUT2D eigenvalue weighted by molar-refractivity contribution is 0.660. The van der Waals surface area contributed by atoms with E-state index in [1.807, 2.05) is 73.3 Å². The van der Waals surface area contributed by atoms with E-state index >= 15 is 0 Å². The summed E-state index contributed by atoms with van der Waals surface area (Å²) in [6.07, 6.45) is 20.0. The molecule has 336 valence electrons. The fourth-order valence-corrected chi connectivity index (χ4v) is 10.6. The van der Waals surface area contributed by atoms with Crippen molar-refractivity contribution >= 4 is 69.5 Å². The van der Waals surface area contributed by atoms with Gasteiger partial charge < -0.3 is 0 Å². The van der Waals surface area contributed by atoms with E-state index in [-0.39, 0.29) is 10.8 Å². The Morgan fingerprint density at radius 2 is 0.729 bits per heavy atom. The lowest BCUT2D eigenvalue weighted by atomic mass is 9.81. The average molecular weight is 903 g/mol. The molecule has 0 bridgehead atoms. The summed E-state index contributed by atoms with van der Waals surface area (Å²) in [4.78, 5) is 22.6. The van der Waals surface area contributed by atoms with Crippen LogP contribution < -0.4 is 9.80 Å². The summed E-state index contributed by atoms with van der Waals surface area (Å²) in [5, 5.41) is 2.43. The molecule has 12 rings (SSSR count). The second-order valence-electron chi connectivity index (χ2n) is 19.3. The van der Waals surface area contributed by atoms with Crippen LogP contribution in [0.2, 0.25) is 0 Å². The zero-order valence-corrected chi connectivity index (χ0v) is 39.6. The first-order valence-electron chi connectivity index (χ1n) is 23.9. The Kier molecular flexibility index (Phi) is 10.4. The summed E-state index contributed by atoms with van der Waals surface area (Å²) in [7, 11) is 0. The molecule has 0 aliphatic heterocycles. The fourth-order valence-electron chi connectivity index (χ4n) is 10.6. The highest BCUT2D eigenvalue weighted by atomic mass is 15.2. The molecule has 6 nitrogen and oxygen atoms in total. The predicted molar refractivity (Wildman–Crippen MR) is 290 cm³/mol. The van der Waals surface area contributed by atoms with Crippen LogP contribution in [0.25, 0.3) is 57.3 Å². The number of anilines is 6. The molecule has 0 amide bonds. The molecule has 0 radical (unpaired) electrons. The standard InChI is InChI=1S/C64H50N6/c1-63(2)57-37-45(21-27-53(57)55-29-25-49(39-59(55)63)69(51-11-9-31-65-41-51)61-13-5-7-33-67-61)17-15-43-19-23-48-36-44(20-24-47(48)35-43)16-18-46-22-28-54-56-30-26-50(40-60(56)64(3,4)58(54)38-46)70(52-12-10-32-66-42-52)62-14-6-8-34-68-62/h5-42H,1-4H3/b17-15+,18-16+. The van der Waals surface area contributed by atoms with Crippen molar-refractivity contribution < 1.29 is 0 Å². The van der Waals surface area contributed by atoms with Crippen LogP contribution >= 0.6 is 0 Å². The largest absolute Gasteiger partial charge is 0.293 e. The van der Waals surface area contributed by atoms with Crippen LogP contribution in [0.15, 0.2) is 207 Å². The van der Waals surface area contributed by atoms with Crippen LogP contribution in [0.4, 0.5) is 34.4 Å². The highest BCUT2D eigenvalue weighted by molar-refractivity contribution is 5.91. The Labute approximate surface area is 409 Å². The molecule has 2 aliphatic carbocycles. The van der Waals surface area contributed by atoms with E-state index in [4.69, 9.17) is 9.97 Å². The van der Waals surface area contributed by atoms with Gasteiger partial charge in [0.2, 0.25) is 0 Å². The summed E-state index contributed by atoms with van der Waals surface area (Å²) >= 11 is 0. The number of benzene rings is 6. The van der Waals surface area contributed by atoms with Crippen molar-refractivity contribution in [2.45, 2.75) is 38.5 Å². The van der Waals surface area contributed by atoms with Gasteiger partial charge in [-0.3, -0.25) is 19.8 Å². The Balaban J connectivity index is 0.758. The predicted octanol–water partition coefficient (Wildman–Crippen LogP) is 16.3. The van der Waals surface area contributed by atoms with Crippen LogP contribution in [-0.4, -0.2) is 19.9 Å². The summed E-state index contributed by atoms with van der Waals surface area (Å²) < 4.78 is 0. The molecular formula is C64H50N6. The zero-order chi connectivity index (χ0) is 47.4. The number of nitrogens with zero attached hydrogens (tertiary/aromatic N) is 6. The molecule has 4 heterocycles. The van der Waals surface area contributed by atoms with Crippen LogP contribution in [0, 0.1) is 0 Å². The Morgan fingerprint density at radius 1 is 0.343 bits per heavy atom. The zero-order valence-electron chi connectivity index (χ0n) is 39.6. The van der Waals surface area contributed by atoms with Gasteiger partial charge in [-0.1, -0.05) is 137 Å². The van der Waals surface area contributed by atoms with Crippen LogP contribution in [0.1, 0.15) is 72.2 Å². The summed E-state index contributed by atoms with van der Waals surface area (Å²) in [6, 6.07) is 60.9. The number of pyridine rings is 4. The Morgan fingerprint density at radius 3 is 1.11 bits per heavy atom. The molecule has 2 aliphatic rings. The van der Waals surface area contributed by atoms with Gasteiger partial charge in [-0.05, 0) is 162 Å². The third-order valence-corrected chi connectivity index (χ3v) is 14.3. The van der Waals surface area contributed by atoms with Crippen molar-refractivity contribution in [1.29, 1.82) is 0 Å².